The fourth-order valence-electron chi connectivity index (χ4n) is 2.01. The van der Waals surface area contributed by atoms with E-state index in [0.717, 1.165) is 17.7 Å². The van der Waals surface area contributed by atoms with Crippen molar-refractivity contribution >= 4 is 40.1 Å². The molecule has 1 N–H and O–H groups in total. The van der Waals surface area contributed by atoms with Gasteiger partial charge in [-0.15, -0.1) is 11.3 Å². The smallest absolute Gasteiger partial charge is 0.250 e. The Hall–Kier alpha value is -2.57. The molecule has 1 heterocycles. The fourth-order valence-corrected chi connectivity index (χ4v) is 2.86. The maximum absolute atomic E-state index is 13.3. The lowest BCUT2D eigenvalue weighted by Crippen LogP contribution is -2.07. The normalized spacial score (nSPS) is 11.0. The Morgan fingerprint density at radius 3 is 2.60 bits per heavy atom. The van der Waals surface area contributed by atoms with Crippen LogP contribution in [0.25, 0.3) is 17.3 Å². The van der Waals surface area contributed by atoms with Crippen LogP contribution in [0.1, 0.15) is 5.56 Å². The molecule has 0 radical (unpaired) electrons. The summed E-state index contributed by atoms with van der Waals surface area (Å²) in [5, 5.41) is 5.27. The first-order chi connectivity index (χ1) is 12.0. The maximum atomic E-state index is 13.3. The Morgan fingerprint density at radius 1 is 1.12 bits per heavy atom. The average molecular weight is 377 g/mol. The predicted molar refractivity (Wildman–Crippen MR) is 96.6 cm³/mol. The number of benzene rings is 2. The van der Waals surface area contributed by atoms with Crippen LogP contribution in [-0.2, 0) is 4.79 Å². The van der Waals surface area contributed by atoms with Crippen molar-refractivity contribution in [2.75, 3.05) is 5.32 Å². The first-order valence-corrected chi connectivity index (χ1v) is 8.42. The number of aromatic nitrogens is 1. The van der Waals surface area contributed by atoms with Gasteiger partial charge in [-0.2, -0.15) is 0 Å². The van der Waals surface area contributed by atoms with E-state index in [4.69, 9.17) is 11.6 Å². The Balaban J connectivity index is 1.67. The van der Waals surface area contributed by atoms with E-state index in [1.165, 1.54) is 23.5 Å². The minimum Gasteiger partial charge on any atom is -0.298 e. The van der Waals surface area contributed by atoms with E-state index in [0.29, 0.717) is 21.4 Å². The molecule has 1 amide bonds. The van der Waals surface area contributed by atoms with Gasteiger partial charge in [0.25, 0.3) is 0 Å². The van der Waals surface area contributed by atoms with Crippen LogP contribution in [0.4, 0.5) is 13.9 Å². The molecule has 0 atom stereocenters. The van der Waals surface area contributed by atoms with E-state index in [1.54, 1.807) is 35.7 Å². The minimum atomic E-state index is -0.943. The van der Waals surface area contributed by atoms with E-state index in [-0.39, 0.29) is 5.91 Å². The molecule has 0 saturated heterocycles. The molecule has 0 aliphatic rings. The van der Waals surface area contributed by atoms with Gasteiger partial charge in [0.1, 0.15) is 0 Å². The molecule has 0 spiro atoms. The van der Waals surface area contributed by atoms with Crippen molar-refractivity contribution < 1.29 is 13.6 Å². The number of rotatable bonds is 4. The second kappa shape index (κ2) is 7.55. The zero-order valence-electron chi connectivity index (χ0n) is 12.7. The number of nitrogens with one attached hydrogen (secondary N) is 1. The minimum absolute atomic E-state index is 0.346. The number of carbonyl (C=O) groups is 1. The molecule has 126 valence electrons. The summed E-state index contributed by atoms with van der Waals surface area (Å²) in [6.45, 7) is 0. The molecule has 7 heteroatoms. The Labute approximate surface area is 151 Å². The summed E-state index contributed by atoms with van der Waals surface area (Å²) in [5.74, 6) is -2.21. The first-order valence-electron chi connectivity index (χ1n) is 7.17. The number of hydrogen-bond acceptors (Lipinski definition) is 3. The van der Waals surface area contributed by atoms with Crippen LogP contribution < -0.4 is 5.32 Å². The molecule has 2 aromatic carbocycles. The lowest BCUT2D eigenvalue weighted by Gasteiger charge is -1.99. The van der Waals surface area contributed by atoms with Gasteiger partial charge >= 0.3 is 0 Å². The molecule has 3 aromatic rings. The molecule has 3 nitrogen and oxygen atoms in total. The van der Waals surface area contributed by atoms with E-state index < -0.39 is 11.6 Å². The zero-order valence-corrected chi connectivity index (χ0v) is 14.2. The molecular formula is C18H11ClF2N2OS. The molecule has 25 heavy (non-hydrogen) atoms. The topological polar surface area (TPSA) is 42.0 Å². The van der Waals surface area contributed by atoms with Gasteiger partial charge in [0.05, 0.1) is 5.69 Å². The quantitative estimate of drug-likeness (QED) is 0.620. The summed E-state index contributed by atoms with van der Waals surface area (Å²) in [6.07, 6.45) is 3.03. The second-order valence-corrected chi connectivity index (χ2v) is 6.34. The highest BCUT2D eigenvalue weighted by atomic mass is 35.5. The number of amides is 1. The summed E-state index contributed by atoms with van der Waals surface area (Å²) in [7, 11) is 0. The third kappa shape index (κ3) is 4.49. The lowest BCUT2D eigenvalue weighted by atomic mass is 10.2. The zero-order chi connectivity index (χ0) is 17.8. The highest BCUT2D eigenvalue weighted by molar-refractivity contribution is 7.14. The summed E-state index contributed by atoms with van der Waals surface area (Å²) < 4.78 is 26.3. The van der Waals surface area contributed by atoms with Crippen molar-refractivity contribution in [1.29, 1.82) is 0 Å². The van der Waals surface area contributed by atoms with Gasteiger partial charge in [-0.25, -0.2) is 13.8 Å². The summed E-state index contributed by atoms with van der Waals surface area (Å²) in [6, 6.07) is 10.6. The third-order valence-electron chi connectivity index (χ3n) is 3.25. The Kier molecular flexibility index (Phi) is 5.21. The molecule has 0 fully saturated rings. The first kappa shape index (κ1) is 17.3. The van der Waals surface area contributed by atoms with Gasteiger partial charge < -0.3 is 0 Å². The van der Waals surface area contributed by atoms with Crippen LogP contribution in [0.3, 0.4) is 0 Å². The fraction of sp³-hybridized carbons (Fsp3) is 0. The van der Waals surface area contributed by atoms with Gasteiger partial charge in [0.2, 0.25) is 5.91 Å². The molecular weight excluding hydrogens is 366 g/mol. The van der Waals surface area contributed by atoms with E-state index >= 15 is 0 Å². The summed E-state index contributed by atoms with van der Waals surface area (Å²) in [5.41, 5.74) is 1.73. The monoisotopic (exact) mass is 376 g/mol. The summed E-state index contributed by atoms with van der Waals surface area (Å²) >= 11 is 6.99. The van der Waals surface area contributed by atoms with Gasteiger partial charge in [-0.3, -0.25) is 10.1 Å². The number of nitrogens with zero attached hydrogens (tertiary/aromatic N) is 1. The van der Waals surface area contributed by atoms with Crippen molar-refractivity contribution in [1.82, 2.24) is 4.98 Å². The SMILES string of the molecule is O=C(/C=C/c1ccc(Cl)cc1)Nc1nc(-c2ccc(F)c(F)c2)cs1. The van der Waals surface area contributed by atoms with Gasteiger partial charge in [0.15, 0.2) is 16.8 Å². The highest BCUT2D eigenvalue weighted by Crippen LogP contribution is 2.26. The van der Waals surface area contributed by atoms with Gasteiger partial charge in [-0.05, 0) is 42.0 Å². The van der Waals surface area contributed by atoms with Crippen molar-refractivity contribution in [3.05, 3.63) is 76.1 Å². The van der Waals surface area contributed by atoms with E-state index in [2.05, 4.69) is 10.3 Å². The molecule has 0 aliphatic carbocycles. The van der Waals surface area contributed by atoms with E-state index in [1.807, 2.05) is 0 Å². The maximum Gasteiger partial charge on any atom is 0.250 e. The second-order valence-electron chi connectivity index (χ2n) is 5.04. The third-order valence-corrected chi connectivity index (χ3v) is 4.26. The Morgan fingerprint density at radius 2 is 1.88 bits per heavy atom. The predicted octanol–water partition coefficient (Wildman–Crippen LogP) is 5.39. The number of hydrogen-bond donors (Lipinski definition) is 1. The molecule has 0 bridgehead atoms. The van der Waals surface area contributed by atoms with Crippen molar-refractivity contribution in [3.63, 3.8) is 0 Å². The van der Waals surface area contributed by atoms with Crippen LogP contribution in [0.15, 0.2) is 53.9 Å². The van der Waals surface area contributed by atoms with Crippen LogP contribution in [0, 0.1) is 11.6 Å². The Bertz CT molecular complexity index is 939. The summed E-state index contributed by atoms with van der Waals surface area (Å²) in [4.78, 5) is 16.1. The number of halogens is 3. The van der Waals surface area contributed by atoms with E-state index in [9.17, 15) is 13.6 Å². The molecule has 0 saturated carbocycles. The van der Waals surface area contributed by atoms with Crippen molar-refractivity contribution in [3.8, 4) is 11.3 Å². The molecule has 3 rings (SSSR count). The average Bonchev–Trinajstić information content (AvgIpc) is 3.05. The highest BCUT2D eigenvalue weighted by Gasteiger charge is 2.09. The van der Waals surface area contributed by atoms with Gasteiger partial charge in [-0.1, -0.05) is 23.7 Å². The lowest BCUT2D eigenvalue weighted by molar-refractivity contribution is -0.111. The van der Waals surface area contributed by atoms with Crippen LogP contribution in [0.2, 0.25) is 5.02 Å². The number of anilines is 1. The van der Waals surface area contributed by atoms with Crippen molar-refractivity contribution in [2.45, 2.75) is 0 Å². The van der Waals surface area contributed by atoms with Crippen LogP contribution >= 0.6 is 22.9 Å². The molecule has 1 aromatic heterocycles. The number of thiazole rings is 1. The molecule has 0 aliphatic heterocycles. The van der Waals surface area contributed by atoms with Crippen LogP contribution in [0.5, 0.6) is 0 Å². The standard InChI is InChI=1S/C18H11ClF2N2OS/c19-13-5-1-11(2-6-13)3-8-17(24)23-18-22-16(10-25-18)12-4-7-14(20)15(21)9-12/h1-10H,(H,22,23,24)/b8-3+. The van der Waals surface area contributed by atoms with Crippen LogP contribution in [-0.4, -0.2) is 10.9 Å². The largest absolute Gasteiger partial charge is 0.298 e. The van der Waals surface area contributed by atoms with Gasteiger partial charge in [0, 0.05) is 22.0 Å². The van der Waals surface area contributed by atoms with Crippen molar-refractivity contribution in [2.24, 2.45) is 0 Å². The molecule has 0 unspecified atom stereocenters. The number of carbonyl (C=O) groups excluding carboxylic acids is 1.